The second-order valence-corrected chi connectivity index (χ2v) is 5.00. The van der Waals surface area contributed by atoms with Crippen molar-refractivity contribution in [1.82, 2.24) is 4.31 Å². The normalized spacial score (nSPS) is 14.4. The van der Waals surface area contributed by atoms with Crippen molar-refractivity contribution in [2.24, 2.45) is 0 Å². The minimum Gasteiger partial charge on any atom is -0.230 e. The van der Waals surface area contributed by atoms with Gasteiger partial charge < -0.3 is 0 Å². The first-order valence-corrected chi connectivity index (χ1v) is 3.99. The van der Waals surface area contributed by atoms with E-state index in [-0.39, 0.29) is 11.1 Å². The lowest BCUT2D eigenvalue weighted by molar-refractivity contribution is 0.160. The zero-order chi connectivity index (χ0) is 8.58. The highest BCUT2D eigenvalue weighted by Crippen LogP contribution is 2.25. The van der Waals surface area contributed by atoms with Crippen LogP contribution in [0.2, 0.25) is 0 Å². The first kappa shape index (κ1) is 10.3. The standard InChI is InChI=1S/C8H18NS/c1-7(2,3)9(10)8(4,5)6/h1-6H3. The fourth-order valence-corrected chi connectivity index (χ4v) is 1.01. The molecule has 0 spiro atoms. The average molecular weight is 160 g/mol. The second-order valence-electron chi connectivity index (χ2n) is 4.64. The van der Waals surface area contributed by atoms with Crippen LogP contribution in [0.1, 0.15) is 41.5 Å². The van der Waals surface area contributed by atoms with Gasteiger partial charge in [0.15, 0.2) is 0 Å². The summed E-state index contributed by atoms with van der Waals surface area (Å²) < 4.78 is 1.96. The van der Waals surface area contributed by atoms with Crippen molar-refractivity contribution in [1.29, 1.82) is 0 Å². The van der Waals surface area contributed by atoms with Crippen molar-refractivity contribution in [2.45, 2.75) is 52.6 Å². The van der Waals surface area contributed by atoms with E-state index in [1.807, 2.05) is 4.31 Å². The molecule has 0 aromatic rings. The molecule has 0 heterocycles. The lowest BCUT2D eigenvalue weighted by atomic mass is 10.0. The van der Waals surface area contributed by atoms with Gasteiger partial charge in [0.25, 0.3) is 0 Å². The van der Waals surface area contributed by atoms with Gasteiger partial charge in [-0.3, -0.25) is 0 Å². The van der Waals surface area contributed by atoms with Crippen molar-refractivity contribution in [3.05, 3.63) is 0 Å². The second kappa shape index (κ2) is 2.74. The minimum absolute atomic E-state index is 0.0909. The molecule has 0 saturated carbocycles. The molecule has 0 aliphatic carbocycles. The molecule has 0 amide bonds. The Hall–Kier alpha value is 0.310. The summed E-state index contributed by atoms with van der Waals surface area (Å²) in [5.41, 5.74) is 0.182. The Morgan fingerprint density at radius 1 is 0.800 bits per heavy atom. The third-order valence-corrected chi connectivity index (χ3v) is 2.31. The topological polar surface area (TPSA) is 3.24 Å². The predicted octanol–water partition coefficient (Wildman–Crippen LogP) is 3.00. The molecule has 1 radical (unpaired) electrons. The summed E-state index contributed by atoms with van der Waals surface area (Å²) in [6, 6.07) is 0. The molecule has 0 fully saturated rings. The van der Waals surface area contributed by atoms with Gasteiger partial charge in [-0.1, -0.05) is 0 Å². The van der Waals surface area contributed by atoms with E-state index < -0.39 is 0 Å². The van der Waals surface area contributed by atoms with E-state index in [1.54, 1.807) is 0 Å². The SMILES string of the molecule is CC(C)(C)N([S])C(C)(C)C. The number of hydrogen-bond acceptors (Lipinski definition) is 1. The van der Waals surface area contributed by atoms with Crippen LogP contribution < -0.4 is 0 Å². The van der Waals surface area contributed by atoms with Crippen LogP contribution in [0.25, 0.3) is 0 Å². The van der Waals surface area contributed by atoms with Gasteiger partial charge in [0.05, 0.1) is 0 Å². The molecule has 0 N–H and O–H groups in total. The van der Waals surface area contributed by atoms with Gasteiger partial charge in [0.1, 0.15) is 0 Å². The third-order valence-electron chi connectivity index (χ3n) is 1.22. The molecule has 0 saturated heterocycles. The van der Waals surface area contributed by atoms with Crippen LogP contribution in [0, 0.1) is 0 Å². The van der Waals surface area contributed by atoms with Crippen LogP contribution in [-0.4, -0.2) is 15.4 Å². The fourth-order valence-electron chi connectivity index (χ4n) is 1.01. The van der Waals surface area contributed by atoms with E-state index >= 15 is 0 Å². The van der Waals surface area contributed by atoms with E-state index in [0.29, 0.717) is 0 Å². The van der Waals surface area contributed by atoms with E-state index in [4.69, 9.17) is 12.8 Å². The zero-order valence-electron chi connectivity index (χ0n) is 7.86. The molecule has 2 heteroatoms. The highest BCUT2D eigenvalue weighted by atomic mass is 32.1. The van der Waals surface area contributed by atoms with Crippen molar-refractivity contribution >= 4 is 12.8 Å². The first-order valence-electron chi connectivity index (χ1n) is 3.63. The molecule has 0 bridgehead atoms. The Morgan fingerprint density at radius 2 is 1.00 bits per heavy atom. The summed E-state index contributed by atoms with van der Waals surface area (Å²) in [6.45, 7) is 12.8. The van der Waals surface area contributed by atoms with E-state index in [1.165, 1.54) is 0 Å². The van der Waals surface area contributed by atoms with Gasteiger partial charge in [0.2, 0.25) is 0 Å². The third kappa shape index (κ3) is 2.93. The lowest BCUT2D eigenvalue weighted by Gasteiger charge is -2.39. The van der Waals surface area contributed by atoms with Gasteiger partial charge in [-0.25, -0.2) is 4.31 Å². The highest BCUT2D eigenvalue weighted by Gasteiger charge is 2.29. The number of nitrogens with zero attached hydrogens (tertiary/aromatic N) is 1. The maximum absolute atomic E-state index is 5.25. The molecule has 0 aromatic heterocycles. The molecule has 0 aromatic carbocycles. The Labute approximate surface area is 70.3 Å². The van der Waals surface area contributed by atoms with Crippen LogP contribution in [0.4, 0.5) is 0 Å². The Morgan fingerprint density at radius 3 is 1.00 bits per heavy atom. The summed E-state index contributed by atoms with van der Waals surface area (Å²) in [5, 5.41) is 0. The number of rotatable bonds is 0. The molecule has 61 valence electrons. The number of hydrogen-bond donors (Lipinski definition) is 0. The summed E-state index contributed by atoms with van der Waals surface area (Å²) in [6.07, 6.45) is 0. The van der Waals surface area contributed by atoms with Crippen molar-refractivity contribution in [2.75, 3.05) is 0 Å². The van der Waals surface area contributed by atoms with Gasteiger partial charge in [-0.2, -0.15) is 0 Å². The van der Waals surface area contributed by atoms with Gasteiger partial charge in [0, 0.05) is 23.9 Å². The van der Waals surface area contributed by atoms with Crippen molar-refractivity contribution in [3.63, 3.8) is 0 Å². The van der Waals surface area contributed by atoms with Crippen molar-refractivity contribution in [3.8, 4) is 0 Å². The van der Waals surface area contributed by atoms with Crippen molar-refractivity contribution < 1.29 is 0 Å². The van der Waals surface area contributed by atoms with Crippen LogP contribution in [0.3, 0.4) is 0 Å². The molecule has 0 unspecified atom stereocenters. The van der Waals surface area contributed by atoms with Crippen LogP contribution in [-0.2, 0) is 0 Å². The highest BCUT2D eigenvalue weighted by molar-refractivity contribution is 7.77. The summed E-state index contributed by atoms with van der Waals surface area (Å²) in [5.74, 6) is 0. The molecule has 1 nitrogen and oxygen atoms in total. The fraction of sp³-hybridized carbons (Fsp3) is 1.00. The quantitative estimate of drug-likeness (QED) is 0.526. The molecule has 0 aliphatic heterocycles. The van der Waals surface area contributed by atoms with Gasteiger partial charge in [-0.15, -0.1) is 0 Å². The zero-order valence-corrected chi connectivity index (χ0v) is 8.67. The summed E-state index contributed by atoms with van der Waals surface area (Å²) in [4.78, 5) is 0. The molecule has 0 aliphatic rings. The van der Waals surface area contributed by atoms with E-state index in [2.05, 4.69) is 41.5 Å². The maximum Gasteiger partial charge on any atom is 0.0243 e. The Bertz CT molecular complexity index is 93.4. The van der Waals surface area contributed by atoms with Gasteiger partial charge in [-0.05, 0) is 41.5 Å². The van der Waals surface area contributed by atoms with Crippen LogP contribution in [0.15, 0.2) is 0 Å². The lowest BCUT2D eigenvalue weighted by Crippen LogP contribution is -2.46. The molecular weight excluding hydrogens is 142 g/mol. The largest absolute Gasteiger partial charge is 0.230 e. The predicted molar refractivity (Wildman–Crippen MR) is 48.9 cm³/mol. The summed E-state index contributed by atoms with van der Waals surface area (Å²) >= 11 is 5.25. The monoisotopic (exact) mass is 160 g/mol. The molecule has 10 heavy (non-hydrogen) atoms. The first-order chi connectivity index (χ1) is 4.15. The molecule has 0 atom stereocenters. The molecule has 0 rings (SSSR count). The van der Waals surface area contributed by atoms with Crippen LogP contribution >= 0.6 is 12.8 Å². The van der Waals surface area contributed by atoms with Crippen LogP contribution in [0.5, 0.6) is 0 Å². The Kier molecular flexibility index (Phi) is 2.83. The summed E-state index contributed by atoms with van der Waals surface area (Å²) in [7, 11) is 0. The van der Waals surface area contributed by atoms with Gasteiger partial charge >= 0.3 is 0 Å². The smallest absolute Gasteiger partial charge is 0.0243 e. The van der Waals surface area contributed by atoms with E-state index in [9.17, 15) is 0 Å². The maximum atomic E-state index is 5.25. The minimum atomic E-state index is 0.0909. The molecular formula is C8H18NS. The Balaban J connectivity index is 4.23. The van der Waals surface area contributed by atoms with E-state index in [0.717, 1.165) is 0 Å². The average Bonchev–Trinajstić information content (AvgIpc) is 1.59.